The van der Waals surface area contributed by atoms with E-state index in [0.717, 1.165) is 50.0 Å². The molecule has 0 bridgehead atoms. The molecule has 0 radical (unpaired) electrons. The molecule has 35 heavy (non-hydrogen) atoms. The highest BCUT2D eigenvalue weighted by molar-refractivity contribution is 7.98. The van der Waals surface area contributed by atoms with Crippen LogP contribution in [-0.4, -0.2) is 36.7 Å². The van der Waals surface area contributed by atoms with E-state index in [2.05, 4.69) is 71.9 Å². The zero-order chi connectivity index (χ0) is 24.7. The van der Waals surface area contributed by atoms with Gasteiger partial charge >= 0.3 is 0 Å². The summed E-state index contributed by atoms with van der Waals surface area (Å²) in [4.78, 5) is 10.7. The van der Waals surface area contributed by atoms with Crippen molar-refractivity contribution in [3.05, 3.63) is 72.2 Å². The van der Waals surface area contributed by atoms with Crippen LogP contribution in [0.5, 0.6) is 0 Å². The molecule has 0 spiro atoms. The highest BCUT2D eigenvalue weighted by atomic mass is 32.2. The topological polar surface area (TPSA) is 75.9 Å². The van der Waals surface area contributed by atoms with Crippen LogP contribution >= 0.6 is 11.8 Å². The fourth-order valence-electron chi connectivity index (χ4n) is 4.49. The molecule has 2 N–H and O–H groups in total. The smallest absolute Gasteiger partial charge is 0.130 e. The van der Waals surface area contributed by atoms with Crippen LogP contribution in [0, 0.1) is 13.8 Å². The van der Waals surface area contributed by atoms with Crippen molar-refractivity contribution in [1.29, 1.82) is 0 Å². The van der Waals surface area contributed by atoms with Gasteiger partial charge in [-0.2, -0.15) is 5.10 Å². The molecule has 0 fully saturated rings. The maximum Gasteiger partial charge on any atom is 0.130 e. The standard InChI is InChI=1S/C28H29N5OS/c1-17-12-20(6-9-25(17)35-5)32-26-13-22-19(14-30-26)10-11-29-27(22)21-7-8-24-23(18(21)2)15-31-33(24)16-28(3,4)34/h6-15,34H,16H2,1-5H3,(H,30,32). The van der Waals surface area contributed by atoms with E-state index in [0.29, 0.717) is 6.54 Å². The normalized spacial score (nSPS) is 11.9. The van der Waals surface area contributed by atoms with Crippen LogP contribution < -0.4 is 5.32 Å². The molecule has 3 aromatic heterocycles. The van der Waals surface area contributed by atoms with Gasteiger partial charge in [0.15, 0.2) is 0 Å². The summed E-state index contributed by atoms with van der Waals surface area (Å²) in [6.45, 7) is 8.24. The van der Waals surface area contributed by atoms with Crippen molar-refractivity contribution in [3.63, 3.8) is 0 Å². The van der Waals surface area contributed by atoms with E-state index in [1.165, 1.54) is 10.5 Å². The monoisotopic (exact) mass is 483 g/mol. The number of nitrogens with zero attached hydrogens (tertiary/aromatic N) is 4. The average molecular weight is 484 g/mol. The molecular formula is C28H29N5OS. The SMILES string of the molecule is CSc1ccc(Nc2cc3c(-c4ccc5c(cnn5CC(C)(C)O)c4C)nccc3cn2)cc1C. The Labute approximate surface area is 209 Å². The molecule has 0 saturated heterocycles. The zero-order valence-electron chi connectivity index (χ0n) is 20.6. The largest absolute Gasteiger partial charge is 0.389 e. The molecule has 5 rings (SSSR count). The van der Waals surface area contributed by atoms with Gasteiger partial charge in [-0.25, -0.2) is 4.98 Å². The third-order valence-electron chi connectivity index (χ3n) is 6.20. The number of fused-ring (bicyclic) bond motifs is 2. The molecule has 178 valence electrons. The molecule has 0 aliphatic heterocycles. The number of rotatable bonds is 6. The number of anilines is 2. The molecule has 6 nitrogen and oxygen atoms in total. The van der Waals surface area contributed by atoms with Crippen molar-refractivity contribution < 1.29 is 5.11 Å². The average Bonchev–Trinajstić information content (AvgIpc) is 3.21. The Kier molecular flexibility index (Phi) is 5.99. The predicted molar refractivity (Wildman–Crippen MR) is 146 cm³/mol. The molecular weight excluding hydrogens is 454 g/mol. The Bertz CT molecular complexity index is 1550. The van der Waals surface area contributed by atoms with Crippen molar-refractivity contribution in [1.82, 2.24) is 19.7 Å². The summed E-state index contributed by atoms with van der Waals surface area (Å²) in [5, 5.41) is 21.4. The lowest BCUT2D eigenvalue weighted by atomic mass is 9.98. The van der Waals surface area contributed by atoms with Crippen molar-refractivity contribution in [2.75, 3.05) is 11.6 Å². The van der Waals surface area contributed by atoms with Crippen LogP contribution in [0.2, 0.25) is 0 Å². The van der Waals surface area contributed by atoms with Gasteiger partial charge in [-0.15, -0.1) is 11.8 Å². The number of aryl methyl sites for hydroxylation is 2. The number of pyridine rings is 2. The Balaban J connectivity index is 1.56. The van der Waals surface area contributed by atoms with Gasteiger partial charge in [0.25, 0.3) is 0 Å². The van der Waals surface area contributed by atoms with Crippen molar-refractivity contribution in [2.45, 2.75) is 44.7 Å². The fraction of sp³-hybridized carbons (Fsp3) is 0.250. The molecule has 3 heterocycles. The minimum Gasteiger partial charge on any atom is -0.389 e. The van der Waals surface area contributed by atoms with Crippen LogP contribution in [0.25, 0.3) is 32.9 Å². The fourth-order valence-corrected chi connectivity index (χ4v) is 5.08. The Morgan fingerprint density at radius 2 is 1.83 bits per heavy atom. The lowest BCUT2D eigenvalue weighted by Crippen LogP contribution is -2.26. The molecule has 2 aromatic carbocycles. The second-order valence-corrected chi connectivity index (χ2v) is 10.4. The number of thioether (sulfide) groups is 1. The minimum atomic E-state index is -0.840. The zero-order valence-corrected chi connectivity index (χ0v) is 21.4. The third-order valence-corrected chi connectivity index (χ3v) is 7.10. The van der Waals surface area contributed by atoms with Crippen LogP contribution in [-0.2, 0) is 6.54 Å². The summed E-state index contributed by atoms with van der Waals surface area (Å²) in [5.74, 6) is 0.778. The predicted octanol–water partition coefficient (Wildman–Crippen LogP) is 6.50. The molecule has 0 atom stereocenters. The Morgan fingerprint density at radius 3 is 2.57 bits per heavy atom. The minimum absolute atomic E-state index is 0.430. The van der Waals surface area contributed by atoms with E-state index in [4.69, 9.17) is 4.98 Å². The third kappa shape index (κ3) is 4.61. The second-order valence-electron chi connectivity index (χ2n) is 9.55. The van der Waals surface area contributed by atoms with Crippen molar-refractivity contribution in [3.8, 4) is 11.3 Å². The van der Waals surface area contributed by atoms with Gasteiger partial charge in [0.05, 0.1) is 29.6 Å². The van der Waals surface area contributed by atoms with Gasteiger partial charge in [0, 0.05) is 44.7 Å². The first-order chi connectivity index (χ1) is 16.7. The summed E-state index contributed by atoms with van der Waals surface area (Å²) in [6, 6.07) is 14.6. The van der Waals surface area contributed by atoms with Crippen LogP contribution in [0.15, 0.2) is 66.0 Å². The quantitative estimate of drug-likeness (QED) is 0.269. The first-order valence-corrected chi connectivity index (χ1v) is 12.8. The van der Waals surface area contributed by atoms with E-state index in [1.807, 2.05) is 29.3 Å². The number of benzene rings is 2. The van der Waals surface area contributed by atoms with Crippen molar-refractivity contribution >= 4 is 44.9 Å². The van der Waals surface area contributed by atoms with Crippen molar-refractivity contribution in [2.24, 2.45) is 0 Å². The van der Waals surface area contributed by atoms with Gasteiger partial charge in [-0.1, -0.05) is 6.07 Å². The summed E-state index contributed by atoms with van der Waals surface area (Å²) in [5.41, 5.74) is 5.49. The maximum absolute atomic E-state index is 10.3. The van der Waals surface area contributed by atoms with Crippen LogP contribution in [0.3, 0.4) is 0 Å². The summed E-state index contributed by atoms with van der Waals surface area (Å²) in [6.07, 6.45) is 7.69. The molecule has 0 aliphatic carbocycles. The van der Waals surface area contributed by atoms with Crippen LogP contribution in [0.1, 0.15) is 25.0 Å². The molecule has 7 heteroatoms. The van der Waals surface area contributed by atoms with E-state index in [9.17, 15) is 5.11 Å². The van der Waals surface area contributed by atoms with E-state index in [-0.39, 0.29) is 0 Å². The van der Waals surface area contributed by atoms with Gasteiger partial charge in [-0.05, 0) is 81.5 Å². The number of aromatic nitrogens is 4. The van der Waals surface area contributed by atoms with Gasteiger partial charge in [0.2, 0.25) is 0 Å². The number of aliphatic hydroxyl groups is 1. The highest BCUT2D eigenvalue weighted by Crippen LogP contribution is 2.34. The Morgan fingerprint density at radius 1 is 1.00 bits per heavy atom. The lowest BCUT2D eigenvalue weighted by molar-refractivity contribution is 0.0591. The Hall–Kier alpha value is -3.42. The molecule has 5 aromatic rings. The first-order valence-electron chi connectivity index (χ1n) is 11.6. The maximum atomic E-state index is 10.3. The first kappa shape index (κ1) is 23.3. The van der Waals surface area contributed by atoms with E-state index < -0.39 is 5.60 Å². The number of nitrogens with one attached hydrogen (secondary N) is 1. The second kappa shape index (κ2) is 8.98. The van der Waals surface area contributed by atoms with Gasteiger partial charge in [-0.3, -0.25) is 9.67 Å². The van der Waals surface area contributed by atoms with E-state index >= 15 is 0 Å². The van der Waals surface area contributed by atoms with Gasteiger partial charge < -0.3 is 10.4 Å². The molecule has 0 amide bonds. The van der Waals surface area contributed by atoms with E-state index in [1.54, 1.807) is 25.6 Å². The number of hydrogen-bond acceptors (Lipinski definition) is 6. The van der Waals surface area contributed by atoms with Crippen LogP contribution in [0.4, 0.5) is 11.5 Å². The number of hydrogen-bond donors (Lipinski definition) is 2. The van der Waals surface area contributed by atoms with Gasteiger partial charge in [0.1, 0.15) is 5.82 Å². The highest BCUT2D eigenvalue weighted by Gasteiger charge is 2.18. The molecule has 0 saturated carbocycles. The lowest BCUT2D eigenvalue weighted by Gasteiger charge is -2.18. The molecule has 0 unspecified atom stereocenters. The summed E-state index contributed by atoms with van der Waals surface area (Å²) < 4.78 is 1.86. The molecule has 0 aliphatic rings. The summed E-state index contributed by atoms with van der Waals surface area (Å²) in [7, 11) is 0. The summed E-state index contributed by atoms with van der Waals surface area (Å²) >= 11 is 1.75.